The average Bonchev–Trinajstić information content (AvgIpc) is 3.29. The number of benzene rings is 1. The first-order valence-corrected chi connectivity index (χ1v) is 10.8. The number of fused-ring (bicyclic) bond motifs is 1. The van der Waals surface area contributed by atoms with Crippen molar-refractivity contribution < 1.29 is 14.3 Å². The minimum absolute atomic E-state index is 0.0292. The summed E-state index contributed by atoms with van der Waals surface area (Å²) in [6.45, 7) is 3.12. The molecule has 1 saturated heterocycles. The van der Waals surface area contributed by atoms with E-state index in [2.05, 4.69) is 15.3 Å². The predicted molar refractivity (Wildman–Crippen MR) is 122 cm³/mol. The molecule has 0 radical (unpaired) electrons. The highest BCUT2D eigenvalue weighted by atomic mass is 16.5. The van der Waals surface area contributed by atoms with E-state index >= 15 is 0 Å². The third kappa shape index (κ3) is 4.20. The number of rotatable bonds is 4. The molecule has 2 aliphatic heterocycles. The highest BCUT2D eigenvalue weighted by molar-refractivity contribution is 5.98. The molecule has 5 rings (SSSR count). The number of carbonyl (C=O) groups is 2. The molecule has 162 valence electrons. The number of hydrogen-bond acceptors (Lipinski definition) is 4. The first kappa shape index (κ1) is 20.2. The molecule has 2 amide bonds. The van der Waals surface area contributed by atoms with E-state index in [1.165, 1.54) is 0 Å². The van der Waals surface area contributed by atoms with Gasteiger partial charge in [0.05, 0.1) is 24.5 Å². The van der Waals surface area contributed by atoms with Crippen LogP contribution in [0.15, 0.2) is 48.7 Å². The van der Waals surface area contributed by atoms with Crippen LogP contribution in [0, 0.1) is 0 Å². The summed E-state index contributed by atoms with van der Waals surface area (Å²) in [6, 6.07) is 13.4. The topological polar surface area (TPSA) is 87.3 Å². The molecule has 1 aromatic carbocycles. The molecule has 2 N–H and O–H groups in total. The van der Waals surface area contributed by atoms with Crippen molar-refractivity contribution >= 4 is 24.0 Å². The summed E-state index contributed by atoms with van der Waals surface area (Å²) in [5, 5.41) is 2.87. The quantitative estimate of drug-likeness (QED) is 0.669. The van der Waals surface area contributed by atoms with Crippen LogP contribution in [0.1, 0.15) is 37.7 Å². The minimum atomic E-state index is -0.0292. The van der Waals surface area contributed by atoms with E-state index in [0.29, 0.717) is 44.0 Å². The zero-order valence-electron chi connectivity index (χ0n) is 17.6. The fourth-order valence-electron chi connectivity index (χ4n) is 4.02. The van der Waals surface area contributed by atoms with Crippen LogP contribution in [0.5, 0.6) is 0 Å². The summed E-state index contributed by atoms with van der Waals surface area (Å²) in [7, 11) is 0. The van der Waals surface area contributed by atoms with Crippen molar-refractivity contribution in [1.29, 1.82) is 0 Å². The third-order valence-corrected chi connectivity index (χ3v) is 5.80. The highest BCUT2D eigenvalue weighted by Gasteiger charge is 2.20. The molecule has 2 aliphatic rings. The summed E-state index contributed by atoms with van der Waals surface area (Å²) in [4.78, 5) is 34.2. The molecule has 0 unspecified atom stereocenters. The molecule has 1 fully saturated rings. The highest BCUT2D eigenvalue weighted by Crippen LogP contribution is 2.24. The zero-order valence-corrected chi connectivity index (χ0v) is 17.6. The lowest BCUT2D eigenvalue weighted by Crippen LogP contribution is -2.40. The molecule has 0 spiro atoms. The van der Waals surface area contributed by atoms with Crippen molar-refractivity contribution in [1.82, 2.24) is 20.2 Å². The van der Waals surface area contributed by atoms with Crippen molar-refractivity contribution in [2.24, 2.45) is 0 Å². The van der Waals surface area contributed by atoms with Gasteiger partial charge in [0, 0.05) is 54.8 Å². The summed E-state index contributed by atoms with van der Waals surface area (Å²) < 4.78 is 5.31. The van der Waals surface area contributed by atoms with Crippen molar-refractivity contribution in [3.63, 3.8) is 0 Å². The van der Waals surface area contributed by atoms with E-state index in [1.54, 1.807) is 6.20 Å². The number of aromatic nitrogens is 2. The number of nitrogens with one attached hydrogen (secondary N) is 2. The average molecular weight is 428 g/mol. The predicted octanol–water partition coefficient (Wildman–Crippen LogP) is 3.01. The molecular weight excluding hydrogens is 404 g/mol. The van der Waals surface area contributed by atoms with Crippen LogP contribution in [-0.4, -0.2) is 59.5 Å². The maximum absolute atomic E-state index is 12.6. The summed E-state index contributed by atoms with van der Waals surface area (Å²) in [5.74, 6) is 0.0130. The van der Waals surface area contributed by atoms with E-state index < -0.39 is 0 Å². The van der Waals surface area contributed by atoms with Gasteiger partial charge in [-0.3, -0.25) is 14.6 Å². The number of H-pyrrole nitrogens is 1. The molecule has 7 nitrogen and oxygen atoms in total. The second-order valence-electron chi connectivity index (χ2n) is 7.91. The van der Waals surface area contributed by atoms with Gasteiger partial charge in [-0.05, 0) is 42.0 Å². The lowest BCUT2D eigenvalue weighted by Gasteiger charge is -2.26. The Kier molecular flexibility index (Phi) is 5.56. The first-order valence-electron chi connectivity index (χ1n) is 10.8. The Morgan fingerprint density at radius 1 is 1.06 bits per heavy atom. The molecule has 32 heavy (non-hydrogen) atoms. The van der Waals surface area contributed by atoms with Gasteiger partial charge in [-0.25, -0.2) is 0 Å². The monoisotopic (exact) mass is 428 g/mol. The van der Waals surface area contributed by atoms with Gasteiger partial charge in [0.1, 0.15) is 0 Å². The Balaban J connectivity index is 1.30. The van der Waals surface area contributed by atoms with Gasteiger partial charge in [0.15, 0.2) is 0 Å². The van der Waals surface area contributed by atoms with Gasteiger partial charge in [-0.1, -0.05) is 18.2 Å². The molecule has 0 saturated carbocycles. The first-order chi connectivity index (χ1) is 15.7. The second-order valence-corrected chi connectivity index (χ2v) is 7.91. The fourth-order valence-corrected chi connectivity index (χ4v) is 4.02. The normalized spacial score (nSPS) is 16.1. The van der Waals surface area contributed by atoms with E-state index in [0.717, 1.165) is 34.6 Å². The molecular formula is C25H24N4O3. The van der Waals surface area contributed by atoms with Crippen molar-refractivity contribution in [2.45, 2.75) is 6.42 Å². The van der Waals surface area contributed by atoms with Crippen molar-refractivity contribution in [3.8, 4) is 11.3 Å². The minimum Gasteiger partial charge on any atom is -0.378 e. The van der Waals surface area contributed by atoms with Gasteiger partial charge in [0.2, 0.25) is 0 Å². The van der Waals surface area contributed by atoms with E-state index in [9.17, 15) is 9.59 Å². The molecule has 0 bridgehead atoms. The molecule has 0 atom stereocenters. The number of hydrogen-bond donors (Lipinski definition) is 2. The number of amides is 2. The van der Waals surface area contributed by atoms with Crippen LogP contribution < -0.4 is 5.32 Å². The number of morpholine rings is 1. The van der Waals surface area contributed by atoms with Crippen LogP contribution in [0.2, 0.25) is 0 Å². The van der Waals surface area contributed by atoms with Crippen LogP contribution >= 0.6 is 0 Å². The van der Waals surface area contributed by atoms with Gasteiger partial charge >= 0.3 is 0 Å². The zero-order chi connectivity index (χ0) is 21.9. The maximum atomic E-state index is 12.6. The van der Waals surface area contributed by atoms with Gasteiger partial charge in [-0.2, -0.15) is 0 Å². The Labute approximate surface area is 186 Å². The number of pyridine rings is 1. The third-order valence-electron chi connectivity index (χ3n) is 5.80. The Morgan fingerprint density at radius 2 is 1.88 bits per heavy atom. The molecule has 3 aromatic rings. The summed E-state index contributed by atoms with van der Waals surface area (Å²) in [6.07, 6.45) is 6.49. The van der Waals surface area contributed by atoms with Crippen LogP contribution in [-0.2, 0) is 11.2 Å². The smallest absolute Gasteiger partial charge is 0.254 e. The van der Waals surface area contributed by atoms with Crippen LogP contribution in [0.25, 0.3) is 23.4 Å². The fraction of sp³-hybridized carbons (Fsp3) is 0.240. The Bertz CT molecular complexity index is 1170. The van der Waals surface area contributed by atoms with Crippen molar-refractivity contribution in [2.75, 3.05) is 32.8 Å². The summed E-state index contributed by atoms with van der Waals surface area (Å²) in [5.41, 5.74) is 6.07. The molecule has 7 heteroatoms. The molecule has 4 heterocycles. The molecule has 0 aliphatic carbocycles. The molecule has 2 aromatic heterocycles. The largest absolute Gasteiger partial charge is 0.378 e. The van der Waals surface area contributed by atoms with Crippen LogP contribution in [0.3, 0.4) is 0 Å². The van der Waals surface area contributed by atoms with Crippen LogP contribution in [0.4, 0.5) is 0 Å². The SMILES string of the molecule is O=C1NCCc2[nH]c(-c3ccnc(/C=C/c4ccc(C(=O)N5CCOCC5)cc4)c3)cc21. The maximum Gasteiger partial charge on any atom is 0.254 e. The van der Waals surface area contributed by atoms with E-state index in [1.807, 2.05) is 59.5 Å². The van der Waals surface area contributed by atoms with Gasteiger partial charge in [-0.15, -0.1) is 0 Å². The van der Waals surface area contributed by atoms with Gasteiger partial charge < -0.3 is 19.9 Å². The number of aromatic amines is 1. The van der Waals surface area contributed by atoms with E-state index in [4.69, 9.17) is 4.74 Å². The van der Waals surface area contributed by atoms with Crippen molar-refractivity contribution in [3.05, 3.63) is 76.7 Å². The lowest BCUT2D eigenvalue weighted by atomic mass is 10.1. The van der Waals surface area contributed by atoms with Gasteiger partial charge in [0.25, 0.3) is 11.8 Å². The second kappa shape index (κ2) is 8.80. The number of ether oxygens (including phenoxy) is 1. The number of carbonyl (C=O) groups excluding carboxylic acids is 2. The standard InChI is InChI=1S/C25H24N4O3/c30-24-21-16-23(28-22(21)8-10-27-24)19-7-9-26-20(15-19)6-3-17-1-4-18(5-2-17)25(31)29-11-13-32-14-12-29/h1-7,9,15-16,28H,8,10-14H2,(H,27,30)/b6-3+. The Hall–Kier alpha value is -3.71. The Morgan fingerprint density at radius 3 is 2.66 bits per heavy atom. The number of nitrogens with zero attached hydrogens (tertiary/aromatic N) is 2. The van der Waals surface area contributed by atoms with E-state index in [-0.39, 0.29) is 11.8 Å². The lowest BCUT2D eigenvalue weighted by molar-refractivity contribution is 0.0303. The summed E-state index contributed by atoms with van der Waals surface area (Å²) >= 11 is 0.